The summed E-state index contributed by atoms with van der Waals surface area (Å²) in [6.45, 7) is 3.62. The maximum absolute atomic E-state index is 11.0. The number of rotatable bonds is 7. The quantitative estimate of drug-likeness (QED) is 0.561. The van der Waals surface area contributed by atoms with Crippen molar-refractivity contribution in [3.05, 3.63) is 24.2 Å². The van der Waals surface area contributed by atoms with Crippen molar-refractivity contribution in [1.29, 1.82) is 0 Å². The van der Waals surface area contributed by atoms with Gasteiger partial charge in [-0.2, -0.15) is 0 Å². The molecule has 7 heteroatoms. The Balaban J connectivity index is 2.36. The number of hydrogen-bond donors (Lipinski definition) is 2. The molecule has 1 rings (SSSR count). The third-order valence-corrected chi connectivity index (χ3v) is 3.24. The van der Waals surface area contributed by atoms with E-state index in [1.165, 1.54) is 6.26 Å². The second-order valence-electron chi connectivity index (χ2n) is 4.15. The largest absolute Gasteiger partial charge is 0.469 e. The van der Waals surface area contributed by atoms with Gasteiger partial charge < -0.3 is 15.1 Å². The Morgan fingerprint density at radius 2 is 2.21 bits per heavy atom. The SMILES string of the molecule is CCNC(=NCCS(C)(=O)=O)NCCc1ccco1. The van der Waals surface area contributed by atoms with Crippen molar-refractivity contribution in [2.45, 2.75) is 13.3 Å². The normalized spacial score (nSPS) is 12.4. The lowest BCUT2D eigenvalue weighted by Gasteiger charge is -2.10. The van der Waals surface area contributed by atoms with E-state index in [2.05, 4.69) is 15.6 Å². The van der Waals surface area contributed by atoms with Crippen molar-refractivity contribution in [1.82, 2.24) is 10.6 Å². The van der Waals surface area contributed by atoms with Crippen molar-refractivity contribution in [3.8, 4) is 0 Å². The molecule has 0 unspecified atom stereocenters. The van der Waals surface area contributed by atoms with Crippen molar-refractivity contribution < 1.29 is 12.8 Å². The van der Waals surface area contributed by atoms with Gasteiger partial charge in [0.1, 0.15) is 15.6 Å². The van der Waals surface area contributed by atoms with Crippen LogP contribution in [-0.2, 0) is 16.3 Å². The van der Waals surface area contributed by atoms with Crippen LogP contribution in [0.4, 0.5) is 0 Å². The molecule has 2 N–H and O–H groups in total. The van der Waals surface area contributed by atoms with E-state index < -0.39 is 9.84 Å². The molecule has 0 bridgehead atoms. The lowest BCUT2D eigenvalue weighted by molar-refractivity contribution is 0.507. The molecule has 0 aromatic carbocycles. The van der Waals surface area contributed by atoms with Gasteiger partial charge in [0, 0.05) is 25.8 Å². The number of sulfone groups is 1. The van der Waals surface area contributed by atoms with Crippen molar-refractivity contribution >= 4 is 15.8 Å². The van der Waals surface area contributed by atoms with Crippen LogP contribution in [0.5, 0.6) is 0 Å². The summed E-state index contributed by atoms with van der Waals surface area (Å²) in [5, 5.41) is 6.19. The van der Waals surface area contributed by atoms with Gasteiger partial charge in [-0.05, 0) is 19.1 Å². The molecule has 1 aromatic rings. The zero-order valence-electron chi connectivity index (χ0n) is 11.3. The summed E-state index contributed by atoms with van der Waals surface area (Å²) in [4.78, 5) is 4.20. The molecule has 0 aliphatic rings. The number of nitrogens with one attached hydrogen (secondary N) is 2. The maximum atomic E-state index is 11.0. The second-order valence-corrected chi connectivity index (χ2v) is 6.41. The first-order chi connectivity index (χ1) is 9.01. The number of aliphatic imine (C=N–C) groups is 1. The molecule has 0 fully saturated rings. The first-order valence-electron chi connectivity index (χ1n) is 6.23. The molecule has 0 aliphatic carbocycles. The van der Waals surface area contributed by atoms with E-state index in [9.17, 15) is 8.42 Å². The van der Waals surface area contributed by atoms with E-state index >= 15 is 0 Å². The minimum Gasteiger partial charge on any atom is -0.469 e. The Hall–Kier alpha value is -1.50. The highest BCUT2D eigenvalue weighted by atomic mass is 32.2. The summed E-state index contributed by atoms with van der Waals surface area (Å²) >= 11 is 0. The molecule has 1 heterocycles. The van der Waals surface area contributed by atoms with Gasteiger partial charge in [-0.3, -0.25) is 4.99 Å². The Morgan fingerprint density at radius 1 is 1.42 bits per heavy atom. The lowest BCUT2D eigenvalue weighted by Crippen LogP contribution is -2.38. The van der Waals surface area contributed by atoms with Crippen LogP contribution in [-0.4, -0.2) is 46.0 Å². The van der Waals surface area contributed by atoms with Gasteiger partial charge in [-0.25, -0.2) is 8.42 Å². The number of guanidine groups is 1. The van der Waals surface area contributed by atoms with Gasteiger partial charge in [-0.1, -0.05) is 0 Å². The lowest BCUT2D eigenvalue weighted by atomic mass is 10.3. The van der Waals surface area contributed by atoms with Crippen molar-refractivity contribution in [2.24, 2.45) is 4.99 Å². The van der Waals surface area contributed by atoms with Crippen LogP contribution >= 0.6 is 0 Å². The summed E-state index contributed by atoms with van der Waals surface area (Å²) in [7, 11) is -2.97. The molecule has 0 saturated carbocycles. The predicted octanol–water partition coefficient (Wildman–Crippen LogP) is 0.422. The van der Waals surface area contributed by atoms with Gasteiger partial charge in [0.15, 0.2) is 5.96 Å². The average Bonchev–Trinajstić information content (AvgIpc) is 2.80. The Labute approximate surface area is 114 Å². The molecule has 0 radical (unpaired) electrons. The molecular weight excluding hydrogens is 266 g/mol. The average molecular weight is 287 g/mol. The summed E-state index contributed by atoms with van der Waals surface area (Å²) in [5.41, 5.74) is 0. The van der Waals surface area contributed by atoms with Crippen LogP contribution in [0.2, 0.25) is 0 Å². The highest BCUT2D eigenvalue weighted by Crippen LogP contribution is 1.99. The predicted molar refractivity (Wildman–Crippen MR) is 76.1 cm³/mol. The van der Waals surface area contributed by atoms with E-state index in [1.54, 1.807) is 6.26 Å². The smallest absolute Gasteiger partial charge is 0.191 e. The third-order valence-electron chi connectivity index (χ3n) is 2.32. The highest BCUT2D eigenvalue weighted by molar-refractivity contribution is 7.90. The zero-order valence-corrected chi connectivity index (χ0v) is 12.2. The highest BCUT2D eigenvalue weighted by Gasteiger charge is 2.02. The minimum atomic E-state index is -2.97. The first kappa shape index (κ1) is 15.6. The minimum absolute atomic E-state index is 0.0573. The molecule has 108 valence electrons. The van der Waals surface area contributed by atoms with Crippen LogP contribution in [0.1, 0.15) is 12.7 Å². The number of hydrogen-bond acceptors (Lipinski definition) is 4. The van der Waals surface area contributed by atoms with Crippen LogP contribution < -0.4 is 10.6 Å². The molecule has 0 saturated heterocycles. The Kier molecular flexibility index (Phi) is 6.41. The second kappa shape index (κ2) is 7.83. The van der Waals surface area contributed by atoms with Gasteiger partial charge in [0.25, 0.3) is 0 Å². The fourth-order valence-corrected chi connectivity index (χ4v) is 1.85. The molecule has 0 atom stereocenters. The van der Waals surface area contributed by atoms with Crippen molar-refractivity contribution in [2.75, 3.05) is 31.6 Å². The molecule has 1 aromatic heterocycles. The monoisotopic (exact) mass is 287 g/mol. The van der Waals surface area contributed by atoms with E-state index in [4.69, 9.17) is 4.42 Å². The zero-order chi connectivity index (χ0) is 14.1. The molecule has 0 aliphatic heterocycles. The molecule has 0 amide bonds. The Bertz CT molecular complexity index is 480. The van der Waals surface area contributed by atoms with E-state index in [-0.39, 0.29) is 12.3 Å². The van der Waals surface area contributed by atoms with Crippen molar-refractivity contribution in [3.63, 3.8) is 0 Å². The fourth-order valence-electron chi connectivity index (χ4n) is 1.42. The molecule has 6 nitrogen and oxygen atoms in total. The van der Waals surface area contributed by atoms with Gasteiger partial charge in [0.05, 0.1) is 18.6 Å². The molecule has 19 heavy (non-hydrogen) atoms. The maximum Gasteiger partial charge on any atom is 0.191 e. The van der Waals surface area contributed by atoms with E-state index in [1.807, 2.05) is 19.1 Å². The van der Waals surface area contributed by atoms with Crippen LogP contribution in [0, 0.1) is 0 Å². The molecular formula is C12H21N3O3S. The summed E-state index contributed by atoms with van der Waals surface area (Å²) < 4.78 is 27.3. The third kappa shape index (κ3) is 7.50. The van der Waals surface area contributed by atoms with Gasteiger partial charge in [0.2, 0.25) is 0 Å². The van der Waals surface area contributed by atoms with Gasteiger partial charge >= 0.3 is 0 Å². The first-order valence-corrected chi connectivity index (χ1v) is 8.29. The van der Waals surface area contributed by atoms with E-state index in [0.29, 0.717) is 12.5 Å². The summed E-state index contributed by atoms with van der Waals surface area (Å²) in [5.74, 6) is 1.58. The van der Waals surface area contributed by atoms with E-state index in [0.717, 1.165) is 18.7 Å². The Morgan fingerprint density at radius 3 is 2.79 bits per heavy atom. The topological polar surface area (TPSA) is 83.7 Å². The fraction of sp³-hybridized carbons (Fsp3) is 0.583. The van der Waals surface area contributed by atoms with Gasteiger partial charge in [-0.15, -0.1) is 0 Å². The standard InChI is InChI=1S/C12H21N3O3S/c1-3-13-12(15-8-10-19(2,16)17)14-7-6-11-5-4-9-18-11/h4-5,9H,3,6-8,10H2,1-2H3,(H2,13,14,15). The van der Waals surface area contributed by atoms with Crippen LogP contribution in [0.15, 0.2) is 27.8 Å². The molecule has 0 spiro atoms. The summed E-state index contributed by atoms with van der Waals surface area (Å²) in [6, 6.07) is 3.76. The van der Waals surface area contributed by atoms with Crippen LogP contribution in [0.25, 0.3) is 0 Å². The number of furan rings is 1. The van der Waals surface area contributed by atoms with Crippen LogP contribution in [0.3, 0.4) is 0 Å². The summed E-state index contributed by atoms with van der Waals surface area (Å²) in [6.07, 6.45) is 3.60. The number of nitrogens with zero attached hydrogens (tertiary/aromatic N) is 1.